The van der Waals surface area contributed by atoms with Gasteiger partial charge in [0.2, 0.25) is 10.0 Å². The molecule has 124 valence electrons. The van der Waals surface area contributed by atoms with E-state index >= 15 is 0 Å². The SMILES string of the molecule is CCS(=O)(=O)N1CCN(CCCc2cccc(OC)c2)CC1. The molecule has 0 spiro atoms. The van der Waals surface area contributed by atoms with Crippen LogP contribution in [0.25, 0.3) is 0 Å². The fraction of sp³-hybridized carbons (Fsp3) is 0.625. The zero-order chi connectivity index (χ0) is 16.0. The van der Waals surface area contributed by atoms with E-state index in [1.54, 1.807) is 18.3 Å². The van der Waals surface area contributed by atoms with Gasteiger partial charge >= 0.3 is 0 Å². The molecule has 1 heterocycles. The second-order valence-corrected chi connectivity index (χ2v) is 7.85. The molecule has 1 aliphatic rings. The molecule has 6 heteroatoms. The number of methoxy groups -OCH3 is 1. The number of sulfonamides is 1. The molecule has 5 nitrogen and oxygen atoms in total. The molecule has 0 atom stereocenters. The first kappa shape index (κ1) is 17.2. The van der Waals surface area contributed by atoms with Gasteiger partial charge in [-0.05, 0) is 44.0 Å². The molecule has 1 saturated heterocycles. The first-order chi connectivity index (χ1) is 10.5. The van der Waals surface area contributed by atoms with Crippen molar-refractivity contribution in [2.24, 2.45) is 0 Å². The summed E-state index contributed by atoms with van der Waals surface area (Å²) in [7, 11) is -1.34. The normalized spacial score (nSPS) is 17.5. The molecule has 0 saturated carbocycles. The second-order valence-electron chi connectivity index (χ2n) is 5.60. The van der Waals surface area contributed by atoms with E-state index in [9.17, 15) is 8.42 Å². The predicted molar refractivity (Wildman–Crippen MR) is 88.8 cm³/mol. The molecule has 0 radical (unpaired) electrons. The number of hydrogen-bond acceptors (Lipinski definition) is 4. The van der Waals surface area contributed by atoms with Gasteiger partial charge in [0.25, 0.3) is 0 Å². The Hall–Kier alpha value is -1.11. The Bertz CT molecular complexity index is 567. The lowest BCUT2D eigenvalue weighted by atomic mass is 10.1. The van der Waals surface area contributed by atoms with Crippen molar-refractivity contribution in [2.75, 3.05) is 45.6 Å². The van der Waals surface area contributed by atoms with E-state index in [-0.39, 0.29) is 5.75 Å². The van der Waals surface area contributed by atoms with Crippen LogP contribution < -0.4 is 4.74 Å². The summed E-state index contributed by atoms with van der Waals surface area (Å²) in [6.45, 7) is 5.62. The van der Waals surface area contributed by atoms with Crippen molar-refractivity contribution in [1.82, 2.24) is 9.21 Å². The smallest absolute Gasteiger partial charge is 0.213 e. The summed E-state index contributed by atoms with van der Waals surface area (Å²) >= 11 is 0. The summed E-state index contributed by atoms with van der Waals surface area (Å²) in [5, 5.41) is 0. The van der Waals surface area contributed by atoms with E-state index in [1.807, 2.05) is 12.1 Å². The summed E-state index contributed by atoms with van der Waals surface area (Å²) in [6, 6.07) is 8.17. The third-order valence-electron chi connectivity index (χ3n) is 4.16. The maximum absolute atomic E-state index is 11.8. The molecule has 22 heavy (non-hydrogen) atoms. The summed E-state index contributed by atoms with van der Waals surface area (Å²) in [6.07, 6.45) is 2.10. The van der Waals surface area contributed by atoms with Crippen molar-refractivity contribution in [3.63, 3.8) is 0 Å². The third-order valence-corrected chi connectivity index (χ3v) is 6.04. The number of hydrogen-bond donors (Lipinski definition) is 0. The fourth-order valence-electron chi connectivity index (χ4n) is 2.75. The molecule has 0 unspecified atom stereocenters. The van der Waals surface area contributed by atoms with Crippen LogP contribution in [-0.4, -0.2) is 63.2 Å². The minimum Gasteiger partial charge on any atom is -0.497 e. The van der Waals surface area contributed by atoms with Crippen LogP contribution in [0.2, 0.25) is 0 Å². The molecular weight excluding hydrogens is 300 g/mol. The molecule has 0 N–H and O–H groups in total. The fourth-order valence-corrected chi connectivity index (χ4v) is 3.83. The quantitative estimate of drug-likeness (QED) is 0.764. The van der Waals surface area contributed by atoms with Crippen LogP contribution in [0, 0.1) is 0 Å². The van der Waals surface area contributed by atoms with Crippen LogP contribution in [0.15, 0.2) is 24.3 Å². The maximum Gasteiger partial charge on any atom is 0.213 e. The van der Waals surface area contributed by atoms with Gasteiger partial charge in [-0.1, -0.05) is 12.1 Å². The van der Waals surface area contributed by atoms with Crippen molar-refractivity contribution in [3.8, 4) is 5.75 Å². The molecule has 0 aliphatic carbocycles. The molecule has 1 fully saturated rings. The summed E-state index contributed by atoms with van der Waals surface area (Å²) in [4.78, 5) is 2.35. The van der Waals surface area contributed by atoms with Crippen LogP contribution in [-0.2, 0) is 16.4 Å². The Kier molecular flexibility index (Phi) is 6.23. The molecular formula is C16H26N2O3S. The molecule has 2 rings (SSSR count). The van der Waals surface area contributed by atoms with Gasteiger partial charge in [-0.2, -0.15) is 4.31 Å². The summed E-state index contributed by atoms with van der Waals surface area (Å²) in [5.74, 6) is 1.10. The number of nitrogens with zero attached hydrogens (tertiary/aromatic N) is 2. The Morgan fingerprint density at radius 2 is 1.91 bits per heavy atom. The van der Waals surface area contributed by atoms with E-state index < -0.39 is 10.0 Å². The average molecular weight is 326 g/mol. The van der Waals surface area contributed by atoms with E-state index in [4.69, 9.17) is 4.74 Å². The first-order valence-corrected chi connectivity index (χ1v) is 9.49. The lowest BCUT2D eigenvalue weighted by Gasteiger charge is -2.33. The minimum atomic E-state index is -3.02. The zero-order valence-electron chi connectivity index (χ0n) is 13.5. The van der Waals surface area contributed by atoms with Gasteiger partial charge in [0.15, 0.2) is 0 Å². The molecule has 1 aliphatic heterocycles. The van der Waals surface area contributed by atoms with Gasteiger partial charge in [-0.3, -0.25) is 0 Å². The van der Waals surface area contributed by atoms with Crippen LogP contribution in [0.3, 0.4) is 0 Å². The number of benzene rings is 1. The highest BCUT2D eigenvalue weighted by molar-refractivity contribution is 7.89. The largest absolute Gasteiger partial charge is 0.497 e. The Morgan fingerprint density at radius 3 is 2.55 bits per heavy atom. The summed E-state index contributed by atoms with van der Waals surface area (Å²) < 4.78 is 30.5. The van der Waals surface area contributed by atoms with Gasteiger partial charge < -0.3 is 9.64 Å². The van der Waals surface area contributed by atoms with Crippen LogP contribution >= 0.6 is 0 Å². The minimum absolute atomic E-state index is 0.197. The average Bonchev–Trinajstić information content (AvgIpc) is 2.55. The first-order valence-electron chi connectivity index (χ1n) is 7.88. The van der Waals surface area contributed by atoms with E-state index in [2.05, 4.69) is 17.0 Å². The molecule has 0 aromatic heterocycles. The predicted octanol–water partition coefficient (Wildman–Crippen LogP) is 1.60. The van der Waals surface area contributed by atoms with Crippen molar-refractivity contribution in [3.05, 3.63) is 29.8 Å². The molecule has 1 aromatic rings. The zero-order valence-corrected chi connectivity index (χ0v) is 14.3. The second kappa shape index (κ2) is 7.94. The monoisotopic (exact) mass is 326 g/mol. The van der Waals surface area contributed by atoms with Crippen molar-refractivity contribution in [1.29, 1.82) is 0 Å². The van der Waals surface area contributed by atoms with Crippen LogP contribution in [0.1, 0.15) is 18.9 Å². The Morgan fingerprint density at radius 1 is 1.18 bits per heavy atom. The highest BCUT2D eigenvalue weighted by Crippen LogP contribution is 2.14. The lowest BCUT2D eigenvalue weighted by Crippen LogP contribution is -2.49. The standard InChI is InChI=1S/C16H26N2O3S/c1-3-22(19,20)18-12-10-17(11-13-18)9-5-7-15-6-4-8-16(14-15)21-2/h4,6,8,14H,3,5,7,9-13H2,1-2H3. The molecule has 0 bridgehead atoms. The van der Waals surface area contributed by atoms with Gasteiger partial charge in [-0.15, -0.1) is 0 Å². The van der Waals surface area contributed by atoms with Gasteiger partial charge in [0.05, 0.1) is 12.9 Å². The van der Waals surface area contributed by atoms with Crippen molar-refractivity contribution >= 4 is 10.0 Å². The Balaban J connectivity index is 1.73. The van der Waals surface area contributed by atoms with Crippen LogP contribution in [0.4, 0.5) is 0 Å². The molecule has 1 aromatic carbocycles. The van der Waals surface area contributed by atoms with E-state index in [1.165, 1.54) is 5.56 Å². The Labute approximate surface area is 133 Å². The van der Waals surface area contributed by atoms with Gasteiger partial charge in [0, 0.05) is 26.2 Å². The number of aryl methyl sites for hydroxylation is 1. The number of rotatable bonds is 7. The lowest BCUT2D eigenvalue weighted by molar-refractivity contribution is 0.187. The van der Waals surface area contributed by atoms with E-state index in [0.717, 1.165) is 38.2 Å². The van der Waals surface area contributed by atoms with Gasteiger partial charge in [0.1, 0.15) is 5.75 Å². The number of ether oxygens (including phenoxy) is 1. The van der Waals surface area contributed by atoms with Crippen molar-refractivity contribution < 1.29 is 13.2 Å². The van der Waals surface area contributed by atoms with Gasteiger partial charge in [-0.25, -0.2) is 8.42 Å². The molecule has 0 amide bonds. The third kappa shape index (κ3) is 4.69. The topological polar surface area (TPSA) is 49.9 Å². The highest BCUT2D eigenvalue weighted by Gasteiger charge is 2.24. The van der Waals surface area contributed by atoms with Crippen LogP contribution in [0.5, 0.6) is 5.75 Å². The summed E-state index contributed by atoms with van der Waals surface area (Å²) in [5.41, 5.74) is 1.28. The number of piperazine rings is 1. The van der Waals surface area contributed by atoms with E-state index in [0.29, 0.717) is 13.1 Å². The maximum atomic E-state index is 11.8. The highest BCUT2D eigenvalue weighted by atomic mass is 32.2. The van der Waals surface area contributed by atoms with Crippen molar-refractivity contribution in [2.45, 2.75) is 19.8 Å².